The van der Waals surface area contributed by atoms with Crippen molar-refractivity contribution >= 4 is 0 Å². The van der Waals surface area contributed by atoms with Crippen LogP contribution in [0.1, 0.15) is 27.8 Å². The summed E-state index contributed by atoms with van der Waals surface area (Å²) >= 11 is 0. The number of hydrogen-bond acceptors (Lipinski definition) is 3. The number of aliphatic hydroxyl groups is 2. The third kappa shape index (κ3) is 3.38. The van der Waals surface area contributed by atoms with Gasteiger partial charge in [-0.25, -0.2) is 0 Å². The zero-order chi connectivity index (χ0) is 14.5. The van der Waals surface area contributed by atoms with E-state index < -0.39 is 0 Å². The maximum Gasteiger partial charge on any atom is 0.125 e. The highest BCUT2D eigenvalue weighted by Gasteiger charge is 2.06. The molecule has 0 amide bonds. The highest BCUT2D eigenvalue weighted by molar-refractivity contribution is 5.43. The Morgan fingerprint density at radius 1 is 0.800 bits per heavy atom. The van der Waals surface area contributed by atoms with Crippen LogP contribution in [0.15, 0.2) is 36.4 Å². The molecule has 20 heavy (non-hydrogen) atoms. The minimum absolute atomic E-state index is 0.0462. The Morgan fingerprint density at radius 2 is 1.30 bits per heavy atom. The molecule has 3 heteroatoms. The number of aliphatic hydroxyl groups excluding tert-OH is 2. The van der Waals surface area contributed by atoms with Crippen LogP contribution in [0.4, 0.5) is 0 Å². The Morgan fingerprint density at radius 3 is 1.80 bits per heavy atom. The third-order valence-electron chi connectivity index (χ3n) is 3.29. The van der Waals surface area contributed by atoms with Crippen LogP contribution in [0.25, 0.3) is 0 Å². The van der Waals surface area contributed by atoms with Gasteiger partial charge in [-0.15, -0.1) is 0 Å². The summed E-state index contributed by atoms with van der Waals surface area (Å²) in [5.74, 6) is 0.869. The normalized spacial score (nSPS) is 10.6. The second-order valence-electron chi connectivity index (χ2n) is 4.98. The molecular formula is C17H20O3. The van der Waals surface area contributed by atoms with Crippen LogP contribution in [0.5, 0.6) is 5.75 Å². The van der Waals surface area contributed by atoms with Gasteiger partial charge in [-0.1, -0.05) is 36.4 Å². The number of rotatable bonds is 5. The van der Waals surface area contributed by atoms with Gasteiger partial charge in [0.1, 0.15) is 12.4 Å². The number of ether oxygens (including phenoxy) is 1. The van der Waals surface area contributed by atoms with Crippen molar-refractivity contribution in [3.63, 3.8) is 0 Å². The average molecular weight is 272 g/mol. The molecule has 0 radical (unpaired) electrons. The van der Waals surface area contributed by atoms with Crippen molar-refractivity contribution in [2.24, 2.45) is 0 Å². The SMILES string of the molecule is Cc1cc(CO)cc(C)c1OCc1ccc(CO)cc1. The summed E-state index contributed by atoms with van der Waals surface area (Å²) in [6, 6.07) is 11.6. The van der Waals surface area contributed by atoms with Gasteiger partial charge in [0.25, 0.3) is 0 Å². The van der Waals surface area contributed by atoms with E-state index in [0.717, 1.165) is 33.6 Å². The minimum atomic E-state index is 0.0462. The molecule has 2 aromatic rings. The fourth-order valence-corrected chi connectivity index (χ4v) is 2.26. The van der Waals surface area contributed by atoms with Gasteiger partial charge in [0.05, 0.1) is 13.2 Å². The van der Waals surface area contributed by atoms with E-state index in [1.54, 1.807) is 0 Å². The topological polar surface area (TPSA) is 49.7 Å². The van der Waals surface area contributed by atoms with Crippen molar-refractivity contribution < 1.29 is 14.9 Å². The Kier molecular flexibility index (Phi) is 4.77. The van der Waals surface area contributed by atoms with Gasteiger partial charge in [0.15, 0.2) is 0 Å². The highest BCUT2D eigenvalue weighted by Crippen LogP contribution is 2.25. The summed E-state index contributed by atoms with van der Waals surface area (Å²) in [6.45, 7) is 4.56. The second kappa shape index (κ2) is 6.55. The predicted molar refractivity (Wildman–Crippen MR) is 78.5 cm³/mol. The summed E-state index contributed by atoms with van der Waals surface area (Å²) < 4.78 is 5.88. The van der Waals surface area contributed by atoms with Gasteiger partial charge in [-0.2, -0.15) is 0 Å². The van der Waals surface area contributed by atoms with Crippen LogP contribution in [-0.4, -0.2) is 10.2 Å². The molecule has 2 rings (SSSR count). The molecule has 0 aliphatic carbocycles. The molecule has 0 unspecified atom stereocenters. The summed E-state index contributed by atoms with van der Waals surface area (Å²) in [5.41, 5.74) is 4.92. The Bertz CT molecular complexity index is 550. The smallest absolute Gasteiger partial charge is 0.125 e. The van der Waals surface area contributed by atoms with Gasteiger partial charge in [0, 0.05) is 0 Å². The predicted octanol–water partition coefficient (Wildman–Crippen LogP) is 2.87. The van der Waals surface area contributed by atoms with E-state index in [1.165, 1.54) is 0 Å². The molecule has 2 N–H and O–H groups in total. The van der Waals surface area contributed by atoms with E-state index in [1.807, 2.05) is 50.2 Å². The van der Waals surface area contributed by atoms with Crippen molar-refractivity contribution in [3.8, 4) is 5.75 Å². The van der Waals surface area contributed by atoms with Gasteiger partial charge < -0.3 is 14.9 Å². The summed E-state index contributed by atoms with van der Waals surface area (Å²) in [6.07, 6.45) is 0. The third-order valence-corrected chi connectivity index (χ3v) is 3.29. The molecule has 0 aliphatic rings. The van der Waals surface area contributed by atoms with E-state index in [9.17, 15) is 5.11 Å². The molecule has 0 aliphatic heterocycles. The molecule has 0 atom stereocenters. The lowest BCUT2D eigenvalue weighted by molar-refractivity contribution is 0.279. The van der Waals surface area contributed by atoms with Crippen molar-refractivity contribution in [1.29, 1.82) is 0 Å². The van der Waals surface area contributed by atoms with E-state index in [4.69, 9.17) is 9.84 Å². The highest BCUT2D eigenvalue weighted by atomic mass is 16.5. The second-order valence-corrected chi connectivity index (χ2v) is 4.98. The molecule has 3 nitrogen and oxygen atoms in total. The van der Waals surface area contributed by atoms with E-state index in [0.29, 0.717) is 6.61 Å². The number of benzene rings is 2. The van der Waals surface area contributed by atoms with E-state index in [-0.39, 0.29) is 13.2 Å². The first-order chi connectivity index (χ1) is 9.63. The van der Waals surface area contributed by atoms with Crippen LogP contribution in [0, 0.1) is 13.8 Å². The lowest BCUT2D eigenvalue weighted by Crippen LogP contribution is -2.00. The lowest BCUT2D eigenvalue weighted by atomic mass is 10.1. The first-order valence-electron chi connectivity index (χ1n) is 6.66. The monoisotopic (exact) mass is 272 g/mol. The number of hydrogen-bond donors (Lipinski definition) is 2. The molecule has 0 bridgehead atoms. The Balaban J connectivity index is 2.10. The van der Waals surface area contributed by atoms with Crippen molar-refractivity contribution in [2.75, 3.05) is 0 Å². The van der Waals surface area contributed by atoms with E-state index in [2.05, 4.69) is 0 Å². The molecular weight excluding hydrogens is 252 g/mol. The van der Waals surface area contributed by atoms with Crippen LogP contribution in [-0.2, 0) is 19.8 Å². The first kappa shape index (κ1) is 14.6. The summed E-state index contributed by atoms with van der Waals surface area (Å²) in [7, 11) is 0. The summed E-state index contributed by atoms with van der Waals surface area (Å²) in [5, 5.41) is 18.2. The molecule has 0 heterocycles. The standard InChI is InChI=1S/C17H20O3/c1-12-7-16(10-19)8-13(2)17(12)20-11-15-5-3-14(9-18)4-6-15/h3-8,18-19H,9-11H2,1-2H3. The first-order valence-corrected chi connectivity index (χ1v) is 6.66. The Hall–Kier alpha value is -1.84. The van der Waals surface area contributed by atoms with Crippen molar-refractivity contribution in [2.45, 2.75) is 33.7 Å². The quantitative estimate of drug-likeness (QED) is 0.880. The van der Waals surface area contributed by atoms with Gasteiger partial charge in [-0.3, -0.25) is 0 Å². The van der Waals surface area contributed by atoms with Gasteiger partial charge in [-0.05, 0) is 41.7 Å². The maximum absolute atomic E-state index is 9.17. The van der Waals surface area contributed by atoms with Crippen LogP contribution in [0.2, 0.25) is 0 Å². The largest absolute Gasteiger partial charge is 0.488 e. The van der Waals surface area contributed by atoms with Crippen molar-refractivity contribution in [1.82, 2.24) is 0 Å². The minimum Gasteiger partial charge on any atom is -0.488 e. The fourth-order valence-electron chi connectivity index (χ4n) is 2.26. The number of aryl methyl sites for hydroxylation is 2. The lowest BCUT2D eigenvalue weighted by Gasteiger charge is -2.13. The fraction of sp³-hybridized carbons (Fsp3) is 0.294. The maximum atomic E-state index is 9.17. The zero-order valence-corrected chi connectivity index (χ0v) is 11.9. The molecule has 0 saturated heterocycles. The van der Waals surface area contributed by atoms with Crippen LogP contribution < -0.4 is 4.74 Å². The summed E-state index contributed by atoms with van der Waals surface area (Å²) in [4.78, 5) is 0. The molecule has 0 spiro atoms. The van der Waals surface area contributed by atoms with Crippen LogP contribution in [0.3, 0.4) is 0 Å². The van der Waals surface area contributed by atoms with Crippen molar-refractivity contribution in [3.05, 3.63) is 64.2 Å². The zero-order valence-electron chi connectivity index (χ0n) is 11.9. The van der Waals surface area contributed by atoms with Gasteiger partial charge >= 0.3 is 0 Å². The van der Waals surface area contributed by atoms with Crippen LogP contribution >= 0.6 is 0 Å². The van der Waals surface area contributed by atoms with E-state index >= 15 is 0 Å². The molecule has 0 saturated carbocycles. The average Bonchev–Trinajstić information content (AvgIpc) is 2.46. The molecule has 0 aromatic heterocycles. The molecule has 106 valence electrons. The molecule has 2 aromatic carbocycles. The molecule has 0 fully saturated rings. The van der Waals surface area contributed by atoms with Gasteiger partial charge in [0.2, 0.25) is 0 Å². The Labute approximate surface area is 119 Å².